The smallest absolute Gasteiger partial charge is 0.303 e. The summed E-state index contributed by atoms with van der Waals surface area (Å²) in [6.45, 7) is 1.38. The molecule has 1 aromatic carbocycles. The van der Waals surface area contributed by atoms with Gasteiger partial charge < -0.3 is 4.57 Å². The third-order valence-electron chi connectivity index (χ3n) is 4.37. The highest BCUT2D eigenvalue weighted by atomic mass is 16.2. The molecule has 3 heterocycles. The lowest BCUT2D eigenvalue weighted by molar-refractivity contribution is 0.664. The maximum absolute atomic E-state index is 12.3. The Kier molecular flexibility index (Phi) is 3.72. The van der Waals surface area contributed by atoms with Crippen LogP contribution in [-0.4, -0.2) is 31.9 Å². The van der Waals surface area contributed by atoms with Gasteiger partial charge in [-0.1, -0.05) is 30.3 Å². The van der Waals surface area contributed by atoms with Crippen molar-refractivity contribution in [3.63, 3.8) is 0 Å². The molecule has 2 aromatic heterocycles. The molecule has 0 saturated heterocycles. The summed E-state index contributed by atoms with van der Waals surface area (Å²) in [4.78, 5) is 31.0. The number of nitrogens with one attached hydrogen (secondary N) is 1. The van der Waals surface area contributed by atoms with E-state index in [1.165, 1.54) is 4.57 Å². The van der Waals surface area contributed by atoms with E-state index in [0.717, 1.165) is 18.4 Å². The summed E-state index contributed by atoms with van der Waals surface area (Å²) in [7, 11) is 1.60. The Morgan fingerprint density at radius 3 is 2.72 bits per heavy atom. The molecule has 3 aromatic rings. The number of rotatable bonds is 2. The number of aromatic amines is 1. The lowest BCUT2D eigenvalue weighted by Gasteiger charge is -2.15. The van der Waals surface area contributed by atoms with Crippen molar-refractivity contribution < 1.29 is 0 Å². The molecule has 1 N–H and O–H groups in total. The first-order chi connectivity index (χ1) is 12.1. The van der Waals surface area contributed by atoms with Crippen LogP contribution in [0.1, 0.15) is 18.4 Å². The highest BCUT2D eigenvalue weighted by Crippen LogP contribution is 2.23. The topological polar surface area (TPSA) is 88.3 Å². The largest absolute Gasteiger partial charge is 0.329 e. The van der Waals surface area contributed by atoms with Crippen molar-refractivity contribution in [3.8, 4) is 0 Å². The zero-order chi connectivity index (χ0) is 17.4. The van der Waals surface area contributed by atoms with Crippen LogP contribution >= 0.6 is 0 Å². The number of benzene rings is 1. The van der Waals surface area contributed by atoms with Crippen LogP contribution in [0.4, 0.5) is 5.95 Å². The fourth-order valence-electron chi connectivity index (χ4n) is 3.05. The summed E-state index contributed by atoms with van der Waals surface area (Å²) in [5.74, 6) is 0.589. The van der Waals surface area contributed by atoms with Crippen LogP contribution in [0.3, 0.4) is 0 Å². The first-order valence-electron chi connectivity index (χ1n) is 8.21. The quantitative estimate of drug-likeness (QED) is 0.708. The number of hydrazone groups is 1. The number of fused-ring (bicyclic) bond motifs is 3. The maximum Gasteiger partial charge on any atom is 0.329 e. The molecule has 8 nitrogen and oxygen atoms in total. The number of anilines is 1. The lowest BCUT2D eigenvalue weighted by Crippen LogP contribution is -2.29. The highest BCUT2D eigenvalue weighted by Gasteiger charge is 2.23. The average Bonchev–Trinajstić information content (AvgIpc) is 2.89. The zero-order valence-corrected chi connectivity index (χ0v) is 13.8. The Bertz CT molecular complexity index is 1060. The summed E-state index contributed by atoms with van der Waals surface area (Å²) >= 11 is 0. The Balaban J connectivity index is 1.86. The zero-order valence-electron chi connectivity index (χ0n) is 13.8. The first kappa shape index (κ1) is 15.4. The van der Waals surface area contributed by atoms with E-state index in [0.29, 0.717) is 30.2 Å². The van der Waals surface area contributed by atoms with Gasteiger partial charge in [0, 0.05) is 20.1 Å². The minimum Gasteiger partial charge on any atom is -0.303 e. The monoisotopic (exact) mass is 338 g/mol. The van der Waals surface area contributed by atoms with Crippen LogP contribution in [0.5, 0.6) is 0 Å². The number of imidazole rings is 1. The Labute approximate surface area is 143 Å². The molecule has 4 rings (SSSR count). The third-order valence-corrected chi connectivity index (χ3v) is 4.37. The van der Waals surface area contributed by atoms with Gasteiger partial charge in [0.25, 0.3) is 5.56 Å². The van der Waals surface area contributed by atoms with Gasteiger partial charge in [-0.3, -0.25) is 14.3 Å². The average molecular weight is 338 g/mol. The van der Waals surface area contributed by atoms with Crippen LogP contribution < -0.4 is 16.3 Å². The summed E-state index contributed by atoms with van der Waals surface area (Å²) in [6, 6.07) is 9.80. The van der Waals surface area contributed by atoms with Gasteiger partial charge in [-0.15, -0.1) is 0 Å². The van der Waals surface area contributed by atoms with Crippen LogP contribution in [-0.2, 0) is 13.6 Å². The van der Waals surface area contributed by atoms with E-state index < -0.39 is 11.2 Å². The van der Waals surface area contributed by atoms with Gasteiger partial charge in [0.1, 0.15) is 0 Å². The lowest BCUT2D eigenvalue weighted by atomic mass is 10.2. The Hall–Kier alpha value is -3.16. The van der Waals surface area contributed by atoms with E-state index in [1.54, 1.807) is 18.3 Å². The van der Waals surface area contributed by atoms with E-state index in [4.69, 9.17) is 0 Å². The van der Waals surface area contributed by atoms with E-state index in [9.17, 15) is 9.59 Å². The molecule has 0 radical (unpaired) electrons. The van der Waals surface area contributed by atoms with Crippen molar-refractivity contribution >= 4 is 23.3 Å². The molecular weight excluding hydrogens is 320 g/mol. The van der Waals surface area contributed by atoms with Crippen LogP contribution in [0.15, 0.2) is 45.0 Å². The van der Waals surface area contributed by atoms with E-state index in [-0.39, 0.29) is 0 Å². The fourth-order valence-corrected chi connectivity index (χ4v) is 3.05. The molecule has 0 bridgehead atoms. The van der Waals surface area contributed by atoms with Crippen molar-refractivity contribution in [1.29, 1.82) is 0 Å². The van der Waals surface area contributed by atoms with E-state index in [2.05, 4.69) is 15.1 Å². The molecule has 8 heteroatoms. The van der Waals surface area contributed by atoms with Gasteiger partial charge in [0.2, 0.25) is 5.95 Å². The molecular formula is C17H18N6O2. The van der Waals surface area contributed by atoms with E-state index in [1.807, 2.05) is 34.9 Å². The second-order valence-corrected chi connectivity index (χ2v) is 6.04. The van der Waals surface area contributed by atoms with Crippen LogP contribution in [0.25, 0.3) is 11.2 Å². The van der Waals surface area contributed by atoms with E-state index >= 15 is 0 Å². The number of hydrogen-bond acceptors (Lipinski definition) is 5. The second kappa shape index (κ2) is 6.04. The van der Waals surface area contributed by atoms with Crippen LogP contribution in [0.2, 0.25) is 0 Å². The molecule has 128 valence electrons. The predicted octanol–water partition coefficient (Wildman–Crippen LogP) is 1.06. The normalized spacial score (nSPS) is 14.8. The number of nitrogens with zero attached hydrogens (tertiary/aromatic N) is 5. The van der Waals surface area contributed by atoms with Crippen molar-refractivity contribution in [2.75, 3.05) is 11.6 Å². The predicted molar refractivity (Wildman–Crippen MR) is 96.2 cm³/mol. The molecule has 0 spiro atoms. The highest BCUT2D eigenvalue weighted by molar-refractivity contribution is 5.80. The Morgan fingerprint density at radius 1 is 1.16 bits per heavy atom. The summed E-state index contributed by atoms with van der Waals surface area (Å²) in [6.07, 6.45) is 3.64. The summed E-state index contributed by atoms with van der Waals surface area (Å²) in [5, 5.41) is 6.35. The van der Waals surface area contributed by atoms with Gasteiger partial charge in [-0.05, 0) is 18.4 Å². The standard InChI is InChI=1S/C17H18N6O2/c1-21-14-13(15(24)20-17(21)25)22-9-5-6-10-23(16(22)19-14)18-11-12-7-3-2-4-8-12/h2-4,7-8,11H,5-6,9-10H2,1H3,(H,20,24,25). The third kappa shape index (κ3) is 2.65. The van der Waals surface area contributed by atoms with Gasteiger partial charge in [0.05, 0.1) is 6.21 Å². The van der Waals surface area contributed by atoms with Crippen molar-refractivity contribution in [1.82, 2.24) is 19.1 Å². The number of hydrogen-bond donors (Lipinski definition) is 1. The molecule has 1 aliphatic rings. The fraction of sp³-hybridized carbons (Fsp3) is 0.294. The van der Waals surface area contributed by atoms with Crippen molar-refractivity contribution in [2.45, 2.75) is 19.4 Å². The van der Waals surface area contributed by atoms with Gasteiger partial charge >= 0.3 is 5.69 Å². The SMILES string of the molecule is Cn1c(=O)[nH]c(=O)c2c1nc1n2CCCCN1N=Cc1ccccc1. The number of H-pyrrole nitrogens is 1. The molecule has 1 aliphatic heterocycles. The molecule has 25 heavy (non-hydrogen) atoms. The molecule has 0 atom stereocenters. The summed E-state index contributed by atoms with van der Waals surface area (Å²) in [5.41, 5.74) is 0.903. The minimum absolute atomic E-state index is 0.380. The molecule has 0 unspecified atom stereocenters. The van der Waals surface area contributed by atoms with Gasteiger partial charge in [-0.2, -0.15) is 10.1 Å². The minimum atomic E-state index is -0.468. The first-order valence-corrected chi connectivity index (χ1v) is 8.21. The van der Waals surface area contributed by atoms with Crippen LogP contribution in [0, 0.1) is 0 Å². The number of aromatic nitrogens is 4. The molecule has 0 saturated carbocycles. The summed E-state index contributed by atoms with van der Waals surface area (Å²) < 4.78 is 3.21. The molecule has 0 aliphatic carbocycles. The molecule has 0 amide bonds. The maximum atomic E-state index is 12.3. The Morgan fingerprint density at radius 2 is 1.92 bits per heavy atom. The number of aryl methyl sites for hydroxylation is 2. The molecule has 0 fully saturated rings. The second-order valence-electron chi connectivity index (χ2n) is 6.04. The van der Waals surface area contributed by atoms with Gasteiger partial charge in [0.15, 0.2) is 11.2 Å². The van der Waals surface area contributed by atoms with Crippen molar-refractivity contribution in [2.24, 2.45) is 12.1 Å². The van der Waals surface area contributed by atoms with Crippen molar-refractivity contribution in [3.05, 3.63) is 56.7 Å². The van der Waals surface area contributed by atoms with Gasteiger partial charge in [-0.25, -0.2) is 9.80 Å².